The van der Waals surface area contributed by atoms with Crippen molar-refractivity contribution in [3.05, 3.63) is 29.8 Å². The molecule has 0 spiro atoms. The molecule has 0 saturated carbocycles. The molecule has 0 aliphatic carbocycles. The van der Waals surface area contributed by atoms with Gasteiger partial charge in [-0.05, 0) is 32.0 Å². The van der Waals surface area contributed by atoms with Gasteiger partial charge in [0, 0.05) is 49.8 Å². The number of hydrogen-bond donors (Lipinski definition) is 1. The van der Waals surface area contributed by atoms with Crippen LogP contribution in [-0.4, -0.2) is 80.2 Å². The Morgan fingerprint density at radius 3 is 2.68 bits per heavy atom. The number of rotatable bonds is 10. The van der Waals surface area contributed by atoms with Crippen LogP contribution in [0.2, 0.25) is 0 Å². The first-order valence-electron chi connectivity index (χ1n) is 11.9. The molecule has 206 valence electrons. The highest BCUT2D eigenvalue weighted by Gasteiger charge is 2.51. The predicted octanol–water partition coefficient (Wildman–Crippen LogP) is 2.80. The number of phosphoric ester groups is 1. The number of benzene rings is 1. The Hall–Kier alpha value is -2.09. The van der Waals surface area contributed by atoms with Gasteiger partial charge in [-0.15, -0.1) is 0 Å². The third-order valence-electron chi connectivity index (χ3n) is 6.45. The summed E-state index contributed by atoms with van der Waals surface area (Å²) in [5, 5.41) is 4.02. The van der Waals surface area contributed by atoms with Gasteiger partial charge in [0.1, 0.15) is 16.5 Å². The van der Waals surface area contributed by atoms with Crippen LogP contribution in [0.25, 0.3) is 0 Å². The smallest absolute Gasteiger partial charge is 0.476 e. The lowest BCUT2D eigenvalue weighted by Gasteiger charge is -2.47. The van der Waals surface area contributed by atoms with E-state index in [0.29, 0.717) is 44.3 Å². The lowest BCUT2D eigenvalue weighted by molar-refractivity contribution is -0.164. The maximum Gasteiger partial charge on any atom is 0.476 e. The number of piperidine rings is 1. The molecule has 2 unspecified atom stereocenters. The summed E-state index contributed by atoms with van der Waals surface area (Å²) in [6.45, 7) is 5.91. The summed E-state index contributed by atoms with van der Waals surface area (Å²) in [7, 11) is -5.71. The summed E-state index contributed by atoms with van der Waals surface area (Å²) in [5.74, 6) is -0.149. The number of phosphoric acid groups is 1. The zero-order valence-electron chi connectivity index (χ0n) is 21.1. The maximum atomic E-state index is 14.1. The van der Waals surface area contributed by atoms with Crippen molar-refractivity contribution in [3.63, 3.8) is 0 Å². The number of nitrogens with zero attached hydrogens (tertiary/aromatic N) is 4. The Labute approximate surface area is 215 Å². The van der Waals surface area contributed by atoms with Crippen molar-refractivity contribution in [1.82, 2.24) is 15.0 Å². The minimum Gasteiger partial charge on any atom is -0.493 e. The minimum atomic E-state index is -4.00. The second kappa shape index (κ2) is 11.0. The fourth-order valence-corrected chi connectivity index (χ4v) is 6.10. The van der Waals surface area contributed by atoms with Crippen molar-refractivity contribution < 1.29 is 40.6 Å². The summed E-state index contributed by atoms with van der Waals surface area (Å²) in [6, 6.07) is 4.04. The van der Waals surface area contributed by atoms with Gasteiger partial charge in [-0.3, -0.25) is 9.05 Å². The van der Waals surface area contributed by atoms with E-state index in [2.05, 4.69) is 15.0 Å². The summed E-state index contributed by atoms with van der Waals surface area (Å²) >= 11 is 0. The van der Waals surface area contributed by atoms with Crippen molar-refractivity contribution in [3.8, 4) is 5.75 Å². The second-order valence-electron chi connectivity index (χ2n) is 9.65. The van der Waals surface area contributed by atoms with E-state index in [9.17, 15) is 22.3 Å². The molecule has 2 saturated heterocycles. The molecule has 2 aliphatic heterocycles. The van der Waals surface area contributed by atoms with E-state index in [0.717, 1.165) is 12.3 Å². The van der Waals surface area contributed by atoms with Crippen molar-refractivity contribution in [2.45, 2.75) is 49.8 Å². The molecule has 2 aliphatic rings. The zero-order chi connectivity index (χ0) is 27.0. The van der Waals surface area contributed by atoms with Crippen LogP contribution >= 0.6 is 7.82 Å². The molecular weight excluding hydrogens is 530 g/mol. The van der Waals surface area contributed by atoms with Crippen molar-refractivity contribution >= 4 is 23.7 Å². The minimum absolute atomic E-state index is 0.0273. The van der Waals surface area contributed by atoms with Crippen LogP contribution in [0.1, 0.15) is 38.4 Å². The highest BCUT2D eigenvalue weighted by Crippen LogP contribution is 2.58. The van der Waals surface area contributed by atoms with Crippen molar-refractivity contribution in [2.24, 2.45) is 5.92 Å². The molecule has 4 rings (SSSR count). The van der Waals surface area contributed by atoms with E-state index < -0.39 is 29.8 Å². The lowest BCUT2D eigenvalue weighted by Crippen LogP contribution is -2.56. The van der Waals surface area contributed by atoms with Gasteiger partial charge in [-0.1, -0.05) is 19.0 Å². The molecule has 12 nitrogen and oxygen atoms in total. The number of anilines is 1. The van der Waals surface area contributed by atoms with Crippen LogP contribution in [0, 0.1) is 11.7 Å². The normalized spacial score (nSPS) is 26.5. The quantitative estimate of drug-likeness (QED) is 0.336. The van der Waals surface area contributed by atoms with Gasteiger partial charge in [0.15, 0.2) is 22.0 Å². The summed E-state index contributed by atoms with van der Waals surface area (Å²) in [6.07, 6.45) is 1.40. The number of ether oxygens (including phenoxy) is 1. The van der Waals surface area contributed by atoms with E-state index in [1.54, 1.807) is 0 Å². The van der Waals surface area contributed by atoms with E-state index in [-0.39, 0.29) is 35.1 Å². The third kappa shape index (κ3) is 6.68. The SMILES string of the molecule is CC(C)c1noc(N2CCC(N(C)CCCOc3ccc(S(C)(=O)=O)c(F)c3)C(C3OP(=O)(O)O3)C2)n1. The standard InChI is InChI=1S/C22H32FN4O8PS/c1-14(2)20-24-22(33-25-20)27-10-8-18(16(13-27)21-34-36(28,29)35-21)26(3)9-5-11-32-15-6-7-19(17(23)12-15)37(4,30)31/h6-7,12,14,16,18,21H,5,8-11,13H2,1-4H3,(H,28,29). The first-order chi connectivity index (χ1) is 17.3. The number of halogens is 1. The van der Waals surface area contributed by atoms with Crippen LogP contribution in [0.15, 0.2) is 27.6 Å². The molecule has 3 heterocycles. The number of hydrogen-bond acceptors (Lipinski definition) is 11. The van der Waals surface area contributed by atoms with E-state index in [4.69, 9.17) is 18.3 Å². The first-order valence-corrected chi connectivity index (χ1v) is 15.3. The van der Waals surface area contributed by atoms with Gasteiger partial charge in [0.05, 0.1) is 6.61 Å². The third-order valence-corrected chi connectivity index (χ3v) is 8.53. The summed E-state index contributed by atoms with van der Waals surface area (Å²) < 4.78 is 70.2. The van der Waals surface area contributed by atoms with Gasteiger partial charge in [-0.25, -0.2) is 17.4 Å². The molecule has 1 aromatic heterocycles. The Morgan fingerprint density at radius 2 is 2.08 bits per heavy atom. The fourth-order valence-electron chi connectivity index (χ4n) is 4.52. The molecule has 15 heteroatoms. The van der Waals surface area contributed by atoms with Gasteiger partial charge < -0.3 is 24.0 Å². The van der Waals surface area contributed by atoms with E-state index in [1.807, 2.05) is 25.8 Å². The first kappa shape index (κ1) is 27.9. The second-order valence-corrected chi connectivity index (χ2v) is 13.0. The molecule has 2 fully saturated rings. The van der Waals surface area contributed by atoms with Crippen molar-refractivity contribution in [1.29, 1.82) is 0 Å². The Kier molecular flexibility index (Phi) is 8.27. The summed E-state index contributed by atoms with van der Waals surface area (Å²) in [5.41, 5.74) is 0. The molecule has 2 aromatic rings. The van der Waals surface area contributed by atoms with Crippen LogP contribution in [0.4, 0.5) is 10.4 Å². The Balaban J connectivity index is 1.34. The average Bonchev–Trinajstić information content (AvgIpc) is 3.30. The van der Waals surface area contributed by atoms with Gasteiger partial charge >= 0.3 is 13.8 Å². The maximum absolute atomic E-state index is 14.1. The predicted molar refractivity (Wildman–Crippen MR) is 131 cm³/mol. The lowest BCUT2D eigenvalue weighted by atomic mass is 9.90. The van der Waals surface area contributed by atoms with Crippen LogP contribution in [0.3, 0.4) is 0 Å². The zero-order valence-corrected chi connectivity index (χ0v) is 22.8. The number of aromatic nitrogens is 2. The highest BCUT2D eigenvalue weighted by molar-refractivity contribution is 7.90. The summed E-state index contributed by atoms with van der Waals surface area (Å²) in [4.78, 5) is 17.6. The van der Waals surface area contributed by atoms with Crippen LogP contribution < -0.4 is 9.64 Å². The van der Waals surface area contributed by atoms with Gasteiger partial charge in [0.25, 0.3) is 0 Å². The van der Waals surface area contributed by atoms with Crippen molar-refractivity contribution in [2.75, 3.05) is 44.4 Å². The molecule has 37 heavy (non-hydrogen) atoms. The molecule has 0 radical (unpaired) electrons. The van der Waals surface area contributed by atoms with Gasteiger partial charge in [0.2, 0.25) is 0 Å². The topological polar surface area (TPSA) is 145 Å². The Bertz CT molecular complexity index is 1250. The van der Waals surface area contributed by atoms with Crippen LogP contribution in [-0.2, 0) is 23.4 Å². The molecule has 1 aromatic carbocycles. The fraction of sp³-hybridized carbons (Fsp3) is 0.636. The molecule has 0 bridgehead atoms. The van der Waals surface area contributed by atoms with E-state index >= 15 is 0 Å². The number of sulfone groups is 1. The molecule has 0 amide bonds. The molecular formula is C22H32FN4O8PS. The largest absolute Gasteiger partial charge is 0.493 e. The molecule has 1 N–H and O–H groups in total. The monoisotopic (exact) mass is 562 g/mol. The molecule has 2 atom stereocenters. The highest BCUT2D eigenvalue weighted by atomic mass is 32.2. The van der Waals surface area contributed by atoms with Crippen LogP contribution in [0.5, 0.6) is 5.75 Å². The van der Waals surface area contributed by atoms with E-state index in [1.165, 1.54) is 12.1 Å². The van der Waals surface area contributed by atoms with Gasteiger partial charge in [-0.2, -0.15) is 4.98 Å². The Morgan fingerprint density at radius 1 is 1.35 bits per heavy atom. The average molecular weight is 563 g/mol.